The van der Waals surface area contributed by atoms with E-state index in [4.69, 9.17) is 16.3 Å². The van der Waals surface area contributed by atoms with E-state index < -0.39 is 6.09 Å². The van der Waals surface area contributed by atoms with Crippen molar-refractivity contribution in [3.05, 3.63) is 63.8 Å². The van der Waals surface area contributed by atoms with E-state index in [-0.39, 0.29) is 6.61 Å². The Morgan fingerprint density at radius 3 is 3.04 bits per heavy atom. The molecule has 2 aromatic heterocycles. The van der Waals surface area contributed by atoms with Crippen LogP contribution in [0.1, 0.15) is 11.3 Å². The van der Waals surface area contributed by atoms with Gasteiger partial charge in [-0.15, -0.1) is 11.3 Å². The molecule has 0 aliphatic heterocycles. The molecule has 0 spiro atoms. The molecule has 0 bridgehead atoms. The van der Waals surface area contributed by atoms with Gasteiger partial charge in [0.05, 0.1) is 29.6 Å². The third kappa shape index (κ3) is 4.30. The van der Waals surface area contributed by atoms with Crippen molar-refractivity contribution < 1.29 is 9.53 Å². The number of halogens is 1. The number of aromatic nitrogens is 3. The molecule has 0 aliphatic carbocycles. The van der Waals surface area contributed by atoms with Crippen molar-refractivity contribution in [1.82, 2.24) is 14.8 Å². The van der Waals surface area contributed by atoms with Gasteiger partial charge in [0.25, 0.3) is 0 Å². The average molecular weight is 349 g/mol. The summed E-state index contributed by atoms with van der Waals surface area (Å²) in [6.45, 7) is 0.665. The summed E-state index contributed by atoms with van der Waals surface area (Å²) in [6.07, 6.45) is 2.72. The quantitative estimate of drug-likeness (QED) is 0.761. The lowest BCUT2D eigenvalue weighted by molar-refractivity contribution is 0.155. The number of rotatable bonds is 5. The smallest absolute Gasteiger partial charge is 0.412 e. The Labute approximate surface area is 141 Å². The number of benzene rings is 1. The summed E-state index contributed by atoms with van der Waals surface area (Å²) in [4.78, 5) is 16.0. The molecule has 0 saturated carbocycles. The van der Waals surface area contributed by atoms with Crippen molar-refractivity contribution in [3.63, 3.8) is 0 Å². The van der Waals surface area contributed by atoms with Crippen LogP contribution in [0, 0.1) is 0 Å². The Bertz CT molecular complexity index is 788. The van der Waals surface area contributed by atoms with Crippen molar-refractivity contribution in [2.45, 2.75) is 13.2 Å². The van der Waals surface area contributed by atoms with Gasteiger partial charge in [-0.2, -0.15) is 5.10 Å². The number of ether oxygens (including phenoxy) is 1. The summed E-state index contributed by atoms with van der Waals surface area (Å²) in [6, 6.07) is 7.22. The molecule has 0 radical (unpaired) electrons. The summed E-state index contributed by atoms with van der Waals surface area (Å²) in [5.74, 6) is 0. The zero-order valence-electron chi connectivity index (χ0n) is 12.0. The molecular formula is C15H13ClN4O2S. The Morgan fingerprint density at radius 2 is 2.26 bits per heavy atom. The van der Waals surface area contributed by atoms with Gasteiger partial charge in [0.1, 0.15) is 6.61 Å². The van der Waals surface area contributed by atoms with E-state index in [2.05, 4.69) is 15.4 Å². The van der Waals surface area contributed by atoms with E-state index in [9.17, 15) is 4.79 Å². The first-order valence-corrected chi connectivity index (χ1v) is 8.09. The zero-order chi connectivity index (χ0) is 16.1. The van der Waals surface area contributed by atoms with E-state index >= 15 is 0 Å². The van der Waals surface area contributed by atoms with Crippen LogP contribution in [0.3, 0.4) is 0 Å². The molecule has 3 rings (SSSR count). The second-order valence-corrected chi connectivity index (χ2v) is 5.82. The zero-order valence-corrected chi connectivity index (χ0v) is 13.5. The fourth-order valence-corrected chi connectivity index (χ4v) is 2.65. The number of hydrogen-bond acceptors (Lipinski definition) is 5. The van der Waals surface area contributed by atoms with Crippen molar-refractivity contribution >= 4 is 34.7 Å². The number of nitrogens with zero attached hydrogens (tertiary/aromatic N) is 3. The molecule has 118 valence electrons. The summed E-state index contributed by atoms with van der Waals surface area (Å²) < 4.78 is 6.84. The summed E-state index contributed by atoms with van der Waals surface area (Å²) >= 11 is 7.54. The van der Waals surface area contributed by atoms with Crippen LogP contribution in [0.5, 0.6) is 0 Å². The first-order valence-electron chi connectivity index (χ1n) is 6.77. The number of thiazole rings is 1. The van der Waals surface area contributed by atoms with Gasteiger partial charge >= 0.3 is 6.09 Å². The molecule has 0 atom stereocenters. The third-order valence-corrected chi connectivity index (χ3v) is 4.01. The minimum Gasteiger partial charge on any atom is -0.444 e. The van der Waals surface area contributed by atoms with Crippen LogP contribution in [-0.4, -0.2) is 20.9 Å². The largest absolute Gasteiger partial charge is 0.444 e. The van der Waals surface area contributed by atoms with Crippen molar-refractivity contribution in [2.24, 2.45) is 0 Å². The van der Waals surface area contributed by atoms with Crippen LogP contribution in [-0.2, 0) is 17.9 Å². The maximum absolute atomic E-state index is 11.8. The summed E-state index contributed by atoms with van der Waals surface area (Å²) in [5, 5.41) is 9.31. The first kappa shape index (κ1) is 15.5. The molecule has 3 aromatic rings. The molecule has 1 N–H and O–H groups in total. The standard InChI is InChI=1S/C15H13ClN4O2S/c16-14-4-2-1-3-11(14)8-22-15(21)19-12-5-18-20(6-12)7-13-9-23-10-17-13/h1-6,9-10H,7-8H2,(H,19,21). The minimum absolute atomic E-state index is 0.110. The normalized spacial score (nSPS) is 10.5. The highest BCUT2D eigenvalue weighted by Gasteiger charge is 2.08. The lowest BCUT2D eigenvalue weighted by Gasteiger charge is -2.06. The number of anilines is 1. The summed E-state index contributed by atoms with van der Waals surface area (Å²) in [5.41, 5.74) is 4.00. The van der Waals surface area contributed by atoms with Gasteiger partial charge < -0.3 is 4.74 Å². The number of hydrogen-bond donors (Lipinski definition) is 1. The minimum atomic E-state index is -0.557. The Hall–Kier alpha value is -2.38. The molecule has 6 nitrogen and oxygen atoms in total. The molecule has 1 aromatic carbocycles. The van der Waals surface area contributed by atoms with E-state index in [1.165, 1.54) is 11.3 Å². The monoisotopic (exact) mass is 348 g/mol. The van der Waals surface area contributed by atoms with Crippen LogP contribution in [0.2, 0.25) is 5.02 Å². The first-order chi connectivity index (χ1) is 11.2. The van der Waals surface area contributed by atoms with Gasteiger partial charge in [-0.05, 0) is 6.07 Å². The van der Waals surface area contributed by atoms with Crippen LogP contribution in [0.15, 0.2) is 47.5 Å². The van der Waals surface area contributed by atoms with Crippen LogP contribution in [0.4, 0.5) is 10.5 Å². The van der Waals surface area contributed by atoms with Crippen molar-refractivity contribution in [3.8, 4) is 0 Å². The van der Waals surface area contributed by atoms with E-state index in [0.29, 0.717) is 17.3 Å². The van der Waals surface area contributed by atoms with Gasteiger partial charge in [-0.3, -0.25) is 10.00 Å². The molecule has 0 aliphatic rings. The van der Waals surface area contributed by atoms with Gasteiger partial charge in [0.15, 0.2) is 0 Å². The summed E-state index contributed by atoms with van der Waals surface area (Å²) in [7, 11) is 0. The number of carbonyl (C=O) groups is 1. The second-order valence-electron chi connectivity index (χ2n) is 4.70. The van der Waals surface area contributed by atoms with E-state index in [1.54, 1.807) is 28.7 Å². The van der Waals surface area contributed by atoms with Gasteiger partial charge in [0, 0.05) is 22.2 Å². The van der Waals surface area contributed by atoms with Crippen molar-refractivity contribution in [1.29, 1.82) is 0 Å². The highest BCUT2D eigenvalue weighted by molar-refractivity contribution is 7.07. The predicted octanol–water partition coefficient (Wildman–Crippen LogP) is 3.79. The molecule has 1 amide bonds. The Morgan fingerprint density at radius 1 is 1.39 bits per heavy atom. The molecule has 23 heavy (non-hydrogen) atoms. The second kappa shape index (κ2) is 7.26. The Balaban J connectivity index is 1.52. The molecule has 2 heterocycles. The number of carbonyl (C=O) groups excluding carboxylic acids is 1. The molecule has 8 heteroatoms. The van der Waals surface area contributed by atoms with E-state index in [1.807, 2.05) is 23.6 Å². The average Bonchev–Trinajstić information content (AvgIpc) is 3.19. The number of nitrogens with one attached hydrogen (secondary N) is 1. The molecule has 0 fully saturated rings. The van der Waals surface area contributed by atoms with Gasteiger partial charge in [-0.25, -0.2) is 9.78 Å². The number of amides is 1. The van der Waals surface area contributed by atoms with E-state index in [0.717, 1.165) is 11.3 Å². The highest BCUT2D eigenvalue weighted by atomic mass is 35.5. The van der Waals surface area contributed by atoms with Crippen LogP contribution in [0.25, 0.3) is 0 Å². The molecule has 0 saturated heterocycles. The lowest BCUT2D eigenvalue weighted by atomic mass is 10.2. The molecular weight excluding hydrogens is 336 g/mol. The highest BCUT2D eigenvalue weighted by Crippen LogP contribution is 2.16. The van der Waals surface area contributed by atoms with Crippen LogP contribution < -0.4 is 5.32 Å². The lowest BCUT2D eigenvalue weighted by Crippen LogP contribution is -2.13. The van der Waals surface area contributed by atoms with Gasteiger partial charge in [0.2, 0.25) is 0 Å². The van der Waals surface area contributed by atoms with Crippen molar-refractivity contribution in [2.75, 3.05) is 5.32 Å². The van der Waals surface area contributed by atoms with Crippen LogP contribution >= 0.6 is 22.9 Å². The van der Waals surface area contributed by atoms with Gasteiger partial charge in [-0.1, -0.05) is 29.8 Å². The maximum atomic E-state index is 11.8. The molecule has 0 unspecified atom stereocenters. The Kier molecular flexibility index (Phi) is 4.89. The topological polar surface area (TPSA) is 69.0 Å². The maximum Gasteiger partial charge on any atom is 0.412 e. The fraction of sp³-hybridized carbons (Fsp3) is 0.133. The fourth-order valence-electron chi connectivity index (χ4n) is 1.91. The third-order valence-electron chi connectivity index (χ3n) is 3.00. The SMILES string of the molecule is O=C(Nc1cnn(Cc2cscn2)c1)OCc1ccccc1Cl. The predicted molar refractivity (Wildman–Crippen MR) is 88.7 cm³/mol.